The first-order valence-corrected chi connectivity index (χ1v) is 6.57. The van der Waals surface area contributed by atoms with Crippen LogP contribution in [0.1, 0.15) is 40.0 Å². The number of amides is 1. The van der Waals surface area contributed by atoms with Crippen molar-refractivity contribution in [3.63, 3.8) is 0 Å². The minimum atomic E-state index is 0.222. The molecule has 1 fully saturated rings. The zero-order valence-electron chi connectivity index (χ0n) is 11.0. The summed E-state index contributed by atoms with van der Waals surface area (Å²) in [5, 5.41) is 0. The summed E-state index contributed by atoms with van der Waals surface area (Å²) in [6.45, 7) is 11.4. The van der Waals surface area contributed by atoms with Crippen LogP contribution in [0.4, 0.5) is 0 Å². The van der Waals surface area contributed by atoms with Crippen LogP contribution in [-0.2, 0) is 4.79 Å². The van der Waals surface area contributed by atoms with Gasteiger partial charge in [0.25, 0.3) is 0 Å². The van der Waals surface area contributed by atoms with Crippen molar-refractivity contribution in [2.75, 3.05) is 32.7 Å². The van der Waals surface area contributed by atoms with E-state index in [9.17, 15) is 4.79 Å². The molecule has 0 radical (unpaired) electrons. The maximum atomic E-state index is 11.1. The quantitative estimate of drug-likeness (QED) is 0.669. The predicted octanol–water partition coefficient (Wildman–Crippen LogP) is 1.98. The molecule has 1 rings (SSSR count). The first-order chi connectivity index (χ1) is 7.59. The molecule has 1 heterocycles. The van der Waals surface area contributed by atoms with Gasteiger partial charge in [0.2, 0.25) is 5.91 Å². The maximum Gasteiger partial charge on any atom is 0.219 e. The Bertz CT molecular complexity index is 208. The normalized spacial score (nSPS) is 18.1. The van der Waals surface area contributed by atoms with E-state index in [2.05, 4.69) is 18.7 Å². The molecule has 0 aromatic rings. The molecule has 0 unspecified atom stereocenters. The lowest BCUT2D eigenvalue weighted by Crippen LogP contribution is -2.48. The Morgan fingerprint density at radius 3 is 2.25 bits per heavy atom. The third-order valence-corrected chi connectivity index (χ3v) is 3.32. The van der Waals surface area contributed by atoms with Gasteiger partial charge in [-0.3, -0.25) is 9.69 Å². The number of piperazine rings is 1. The monoisotopic (exact) mass is 226 g/mol. The summed E-state index contributed by atoms with van der Waals surface area (Å²) >= 11 is 0. The lowest BCUT2D eigenvalue weighted by Gasteiger charge is -2.34. The van der Waals surface area contributed by atoms with Crippen LogP contribution in [-0.4, -0.2) is 48.4 Å². The molecular weight excluding hydrogens is 200 g/mol. The van der Waals surface area contributed by atoms with Crippen LogP contribution in [0.25, 0.3) is 0 Å². The first kappa shape index (κ1) is 13.5. The Labute approximate surface area is 99.8 Å². The van der Waals surface area contributed by atoms with E-state index in [-0.39, 0.29) is 5.91 Å². The summed E-state index contributed by atoms with van der Waals surface area (Å²) in [5.74, 6) is 1.05. The summed E-state index contributed by atoms with van der Waals surface area (Å²) in [7, 11) is 0. The van der Waals surface area contributed by atoms with Gasteiger partial charge in [-0.05, 0) is 18.9 Å². The van der Waals surface area contributed by atoms with Crippen molar-refractivity contribution < 1.29 is 4.79 Å². The molecule has 0 aromatic carbocycles. The van der Waals surface area contributed by atoms with Gasteiger partial charge in [0.05, 0.1) is 0 Å². The molecule has 94 valence electrons. The van der Waals surface area contributed by atoms with E-state index in [1.165, 1.54) is 25.8 Å². The Morgan fingerprint density at radius 1 is 1.12 bits per heavy atom. The molecule has 0 bridgehead atoms. The van der Waals surface area contributed by atoms with Crippen molar-refractivity contribution in [1.82, 2.24) is 9.80 Å². The van der Waals surface area contributed by atoms with Crippen LogP contribution in [0.2, 0.25) is 0 Å². The highest BCUT2D eigenvalue weighted by Gasteiger charge is 2.17. The molecule has 3 heteroatoms. The van der Waals surface area contributed by atoms with E-state index >= 15 is 0 Å². The Kier molecular flexibility index (Phi) is 5.81. The minimum Gasteiger partial charge on any atom is -0.340 e. The zero-order chi connectivity index (χ0) is 12.0. The van der Waals surface area contributed by atoms with E-state index < -0.39 is 0 Å². The molecule has 0 aliphatic carbocycles. The van der Waals surface area contributed by atoms with E-state index in [0.717, 1.165) is 32.1 Å². The molecule has 0 N–H and O–H groups in total. The van der Waals surface area contributed by atoms with Gasteiger partial charge in [0.1, 0.15) is 0 Å². The van der Waals surface area contributed by atoms with Crippen molar-refractivity contribution in [3.05, 3.63) is 0 Å². The third kappa shape index (κ3) is 4.97. The second-order valence-corrected chi connectivity index (χ2v) is 5.24. The van der Waals surface area contributed by atoms with E-state index in [1.807, 2.05) is 4.90 Å². The van der Waals surface area contributed by atoms with Gasteiger partial charge in [-0.25, -0.2) is 0 Å². The highest BCUT2D eigenvalue weighted by atomic mass is 16.2. The third-order valence-electron chi connectivity index (χ3n) is 3.32. The summed E-state index contributed by atoms with van der Waals surface area (Å²) < 4.78 is 0. The van der Waals surface area contributed by atoms with E-state index in [0.29, 0.717) is 0 Å². The molecule has 1 saturated heterocycles. The zero-order valence-corrected chi connectivity index (χ0v) is 11.0. The molecule has 0 saturated carbocycles. The number of hydrogen-bond acceptors (Lipinski definition) is 2. The second kappa shape index (κ2) is 6.89. The predicted molar refractivity (Wildman–Crippen MR) is 67.4 cm³/mol. The molecule has 1 aliphatic heterocycles. The van der Waals surface area contributed by atoms with Gasteiger partial charge in [-0.2, -0.15) is 0 Å². The van der Waals surface area contributed by atoms with Gasteiger partial charge < -0.3 is 4.90 Å². The fourth-order valence-corrected chi connectivity index (χ4v) is 2.17. The highest BCUT2D eigenvalue weighted by molar-refractivity contribution is 5.73. The molecule has 1 aliphatic rings. The maximum absolute atomic E-state index is 11.1. The fraction of sp³-hybridized carbons (Fsp3) is 0.923. The first-order valence-electron chi connectivity index (χ1n) is 6.57. The van der Waals surface area contributed by atoms with Crippen LogP contribution in [0.15, 0.2) is 0 Å². The number of rotatable bonds is 5. The van der Waals surface area contributed by atoms with Crippen LogP contribution >= 0.6 is 0 Å². The Morgan fingerprint density at radius 2 is 1.75 bits per heavy atom. The number of carbonyl (C=O) groups excluding carboxylic acids is 1. The Hall–Kier alpha value is -0.570. The molecule has 0 aromatic heterocycles. The smallest absolute Gasteiger partial charge is 0.219 e. The van der Waals surface area contributed by atoms with Gasteiger partial charge in [0.15, 0.2) is 0 Å². The average molecular weight is 226 g/mol. The van der Waals surface area contributed by atoms with Crippen molar-refractivity contribution in [2.24, 2.45) is 5.92 Å². The van der Waals surface area contributed by atoms with Crippen molar-refractivity contribution in [2.45, 2.75) is 40.0 Å². The number of carbonyl (C=O) groups is 1. The van der Waals surface area contributed by atoms with Gasteiger partial charge >= 0.3 is 0 Å². The van der Waals surface area contributed by atoms with E-state index in [1.54, 1.807) is 6.92 Å². The van der Waals surface area contributed by atoms with Crippen molar-refractivity contribution >= 4 is 5.91 Å². The fourth-order valence-electron chi connectivity index (χ4n) is 2.17. The molecule has 0 atom stereocenters. The summed E-state index contributed by atoms with van der Waals surface area (Å²) in [4.78, 5) is 15.6. The molecule has 3 nitrogen and oxygen atoms in total. The lowest BCUT2D eigenvalue weighted by molar-refractivity contribution is -0.130. The topological polar surface area (TPSA) is 23.6 Å². The molecule has 16 heavy (non-hydrogen) atoms. The number of nitrogens with zero attached hydrogens (tertiary/aromatic N) is 2. The molecule has 0 spiro atoms. The molecular formula is C13H26N2O. The Balaban J connectivity index is 2.06. The number of hydrogen-bond donors (Lipinski definition) is 0. The summed E-state index contributed by atoms with van der Waals surface area (Å²) in [6.07, 6.45) is 3.98. The van der Waals surface area contributed by atoms with Gasteiger partial charge in [0, 0.05) is 33.1 Å². The standard InChI is InChI=1S/C13H26N2O/c1-12(2)6-4-5-7-14-8-10-15(11-9-14)13(3)16/h12H,4-11H2,1-3H3. The van der Waals surface area contributed by atoms with E-state index in [4.69, 9.17) is 0 Å². The van der Waals surface area contributed by atoms with Crippen LogP contribution < -0.4 is 0 Å². The van der Waals surface area contributed by atoms with Crippen molar-refractivity contribution in [1.29, 1.82) is 0 Å². The average Bonchev–Trinajstić information content (AvgIpc) is 2.25. The van der Waals surface area contributed by atoms with Crippen LogP contribution in [0, 0.1) is 5.92 Å². The largest absolute Gasteiger partial charge is 0.340 e. The van der Waals surface area contributed by atoms with Crippen molar-refractivity contribution in [3.8, 4) is 0 Å². The SMILES string of the molecule is CC(=O)N1CCN(CCCCC(C)C)CC1. The molecule has 1 amide bonds. The van der Waals surface area contributed by atoms with Gasteiger partial charge in [-0.1, -0.05) is 26.7 Å². The van der Waals surface area contributed by atoms with Gasteiger partial charge in [-0.15, -0.1) is 0 Å². The van der Waals surface area contributed by atoms with Crippen LogP contribution in [0.5, 0.6) is 0 Å². The number of unbranched alkanes of at least 4 members (excludes halogenated alkanes) is 1. The van der Waals surface area contributed by atoms with Crippen LogP contribution in [0.3, 0.4) is 0 Å². The highest BCUT2D eigenvalue weighted by Crippen LogP contribution is 2.08. The lowest BCUT2D eigenvalue weighted by atomic mass is 10.1. The second-order valence-electron chi connectivity index (χ2n) is 5.24. The minimum absolute atomic E-state index is 0.222. The summed E-state index contributed by atoms with van der Waals surface area (Å²) in [5.41, 5.74) is 0. The summed E-state index contributed by atoms with van der Waals surface area (Å²) in [6, 6.07) is 0.